The van der Waals surface area contributed by atoms with Crippen molar-refractivity contribution in [2.45, 2.75) is 53.4 Å². The van der Waals surface area contributed by atoms with Gasteiger partial charge in [-0.2, -0.15) is 0 Å². The van der Waals surface area contributed by atoms with Crippen LogP contribution in [0.2, 0.25) is 0 Å². The number of carbonyl (C=O) groups is 1. The first-order valence-corrected chi connectivity index (χ1v) is 7.38. The Morgan fingerprint density at radius 3 is 2.50 bits per heavy atom. The Kier molecular flexibility index (Phi) is 6.05. The molecule has 0 amide bonds. The zero-order valence-corrected chi connectivity index (χ0v) is 13.0. The van der Waals surface area contributed by atoms with Gasteiger partial charge < -0.3 is 9.84 Å². The fourth-order valence-electron chi connectivity index (χ4n) is 2.05. The lowest BCUT2D eigenvalue weighted by Gasteiger charge is -2.19. The average Bonchev–Trinajstić information content (AvgIpc) is 2.43. The minimum Gasteiger partial charge on any atom is -0.493 e. The molecule has 0 bridgehead atoms. The van der Waals surface area contributed by atoms with Crippen LogP contribution in [0.15, 0.2) is 18.2 Å². The Bertz CT molecular complexity index is 450. The second kappa shape index (κ2) is 7.32. The first kappa shape index (κ1) is 16.5. The Labute approximate surface area is 122 Å². The van der Waals surface area contributed by atoms with Crippen molar-refractivity contribution >= 4 is 5.97 Å². The van der Waals surface area contributed by atoms with Crippen molar-refractivity contribution in [3.63, 3.8) is 0 Å². The van der Waals surface area contributed by atoms with Gasteiger partial charge in [-0.1, -0.05) is 26.0 Å². The minimum absolute atomic E-state index is 0.566. The largest absolute Gasteiger partial charge is 0.493 e. The lowest BCUT2D eigenvalue weighted by atomic mass is 9.88. The van der Waals surface area contributed by atoms with E-state index in [1.165, 1.54) is 11.1 Å². The Morgan fingerprint density at radius 2 is 1.95 bits per heavy atom. The summed E-state index contributed by atoms with van der Waals surface area (Å²) in [5.41, 5.74) is 1.80. The summed E-state index contributed by atoms with van der Waals surface area (Å²) in [5.74, 6) is 0.194. The van der Waals surface area contributed by atoms with Crippen LogP contribution in [0.4, 0.5) is 0 Å². The van der Waals surface area contributed by atoms with Gasteiger partial charge in [0.1, 0.15) is 5.75 Å². The van der Waals surface area contributed by atoms with Gasteiger partial charge >= 0.3 is 5.97 Å². The van der Waals surface area contributed by atoms with E-state index in [0.717, 1.165) is 25.0 Å². The van der Waals surface area contributed by atoms with Gasteiger partial charge in [0.25, 0.3) is 0 Å². The van der Waals surface area contributed by atoms with Crippen LogP contribution in [-0.4, -0.2) is 17.7 Å². The molecule has 0 aliphatic carbocycles. The molecule has 1 aromatic rings. The lowest BCUT2D eigenvalue weighted by molar-refractivity contribution is -0.147. The molecule has 0 aromatic heterocycles. The van der Waals surface area contributed by atoms with Crippen LogP contribution in [0.3, 0.4) is 0 Å². The van der Waals surface area contributed by atoms with E-state index in [4.69, 9.17) is 9.84 Å². The molecular formula is C17H26O3. The van der Waals surface area contributed by atoms with Gasteiger partial charge in [-0.3, -0.25) is 4.79 Å². The number of hydrogen-bond donors (Lipinski definition) is 1. The first-order chi connectivity index (χ1) is 9.40. The summed E-state index contributed by atoms with van der Waals surface area (Å²) in [6.07, 6.45) is 3.31. The average molecular weight is 278 g/mol. The van der Waals surface area contributed by atoms with Crippen molar-refractivity contribution in [3.05, 3.63) is 29.3 Å². The molecule has 0 aliphatic rings. The topological polar surface area (TPSA) is 46.5 Å². The molecule has 0 aliphatic heterocycles. The van der Waals surface area contributed by atoms with E-state index in [1.807, 2.05) is 0 Å². The van der Waals surface area contributed by atoms with Gasteiger partial charge in [0.05, 0.1) is 12.0 Å². The number of benzene rings is 1. The summed E-state index contributed by atoms with van der Waals surface area (Å²) >= 11 is 0. The highest BCUT2D eigenvalue weighted by atomic mass is 16.5. The minimum atomic E-state index is -0.750. The summed E-state index contributed by atoms with van der Waals surface area (Å²) in [4.78, 5) is 11.0. The van der Waals surface area contributed by atoms with E-state index >= 15 is 0 Å². The summed E-state index contributed by atoms with van der Waals surface area (Å²) < 4.78 is 5.85. The van der Waals surface area contributed by atoms with Crippen LogP contribution >= 0.6 is 0 Å². The molecule has 0 spiro atoms. The smallest absolute Gasteiger partial charge is 0.309 e. The molecule has 0 heterocycles. The molecule has 3 nitrogen and oxygen atoms in total. The van der Waals surface area contributed by atoms with E-state index in [1.54, 1.807) is 13.8 Å². The first-order valence-electron chi connectivity index (χ1n) is 7.38. The van der Waals surface area contributed by atoms with Crippen LogP contribution in [0.1, 0.15) is 51.7 Å². The number of ether oxygens (including phenoxy) is 1. The summed E-state index contributed by atoms with van der Waals surface area (Å²) in [5, 5.41) is 9.07. The highest BCUT2D eigenvalue weighted by molar-refractivity contribution is 5.73. The predicted molar refractivity (Wildman–Crippen MR) is 81.3 cm³/mol. The molecule has 0 saturated heterocycles. The zero-order chi connectivity index (χ0) is 15.2. The third-order valence-corrected chi connectivity index (χ3v) is 3.70. The lowest BCUT2D eigenvalue weighted by Crippen LogP contribution is -2.24. The normalized spacial score (nSPS) is 11.4. The number of aliphatic carboxylic acids is 1. The van der Waals surface area contributed by atoms with E-state index in [0.29, 0.717) is 13.0 Å². The van der Waals surface area contributed by atoms with E-state index in [9.17, 15) is 4.79 Å². The molecule has 1 rings (SSSR count). The highest BCUT2D eigenvalue weighted by Crippen LogP contribution is 2.24. The fourth-order valence-corrected chi connectivity index (χ4v) is 2.05. The van der Waals surface area contributed by atoms with E-state index < -0.39 is 11.4 Å². The Hall–Kier alpha value is -1.51. The van der Waals surface area contributed by atoms with Crippen molar-refractivity contribution in [1.82, 2.24) is 0 Å². The van der Waals surface area contributed by atoms with Crippen LogP contribution in [0, 0.1) is 5.41 Å². The standard InChI is InChI=1S/C17H26O3/c1-5-13-8-9-14(6-2)15(12-13)20-11-7-10-17(3,4)16(18)19/h8-9,12H,5-7,10-11H2,1-4H3,(H,18,19). The number of hydrogen-bond acceptors (Lipinski definition) is 2. The predicted octanol–water partition coefficient (Wildman–Crippen LogP) is 4.08. The van der Waals surface area contributed by atoms with E-state index in [-0.39, 0.29) is 0 Å². The van der Waals surface area contributed by atoms with Crippen LogP contribution in [0.25, 0.3) is 0 Å². The number of carboxylic acids is 1. The molecule has 0 radical (unpaired) electrons. The highest BCUT2D eigenvalue weighted by Gasteiger charge is 2.26. The van der Waals surface area contributed by atoms with Crippen LogP contribution in [0.5, 0.6) is 5.75 Å². The van der Waals surface area contributed by atoms with Gasteiger partial charge in [0, 0.05) is 0 Å². The molecule has 112 valence electrons. The van der Waals surface area contributed by atoms with Crippen molar-refractivity contribution < 1.29 is 14.6 Å². The molecule has 1 N–H and O–H groups in total. The van der Waals surface area contributed by atoms with Gasteiger partial charge in [-0.05, 0) is 56.7 Å². The fraction of sp³-hybridized carbons (Fsp3) is 0.588. The second-order valence-electron chi connectivity index (χ2n) is 5.79. The number of aryl methyl sites for hydroxylation is 2. The van der Waals surface area contributed by atoms with Gasteiger partial charge in [-0.25, -0.2) is 0 Å². The zero-order valence-electron chi connectivity index (χ0n) is 13.0. The summed E-state index contributed by atoms with van der Waals surface area (Å²) in [7, 11) is 0. The molecule has 3 heteroatoms. The van der Waals surface area contributed by atoms with Crippen molar-refractivity contribution in [1.29, 1.82) is 0 Å². The maximum absolute atomic E-state index is 11.0. The van der Waals surface area contributed by atoms with Gasteiger partial charge in [0.15, 0.2) is 0 Å². The summed E-state index contributed by atoms with van der Waals surface area (Å²) in [6.45, 7) is 8.31. The molecule has 0 atom stereocenters. The monoisotopic (exact) mass is 278 g/mol. The quantitative estimate of drug-likeness (QED) is 0.729. The molecule has 1 aromatic carbocycles. The SMILES string of the molecule is CCc1ccc(CC)c(OCCCC(C)(C)C(=O)O)c1. The molecule has 0 saturated carbocycles. The second-order valence-corrected chi connectivity index (χ2v) is 5.79. The van der Waals surface area contributed by atoms with Gasteiger partial charge in [-0.15, -0.1) is 0 Å². The van der Waals surface area contributed by atoms with E-state index in [2.05, 4.69) is 32.0 Å². The maximum atomic E-state index is 11.0. The third-order valence-electron chi connectivity index (χ3n) is 3.70. The molecule has 20 heavy (non-hydrogen) atoms. The van der Waals surface area contributed by atoms with Crippen molar-refractivity contribution in [3.8, 4) is 5.75 Å². The maximum Gasteiger partial charge on any atom is 0.309 e. The van der Waals surface area contributed by atoms with Crippen LogP contribution in [-0.2, 0) is 17.6 Å². The third kappa shape index (κ3) is 4.55. The molecule has 0 unspecified atom stereocenters. The van der Waals surface area contributed by atoms with Crippen molar-refractivity contribution in [2.24, 2.45) is 5.41 Å². The molecule has 0 fully saturated rings. The number of rotatable bonds is 8. The van der Waals surface area contributed by atoms with Gasteiger partial charge in [0.2, 0.25) is 0 Å². The molecular weight excluding hydrogens is 252 g/mol. The number of carboxylic acid groups (broad SMARTS) is 1. The summed E-state index contributed by atoms with van der Waals surface area (Å²) in [6, 6.07) is 6.36. The van der Waals surface area contributed by atoms with Crippen LogP contribution < -0.4 is 4.74 Å². The Morgan fingerprint density at radius 1 is 1.25 bits per heavy atom. The Balaban J connectivity index is 2.55. The van der Waals surface area contributed by atoms with Crippen molar-refractivity contribution in [2.75, 3.05) is 6.61 Å².